The number of tetrazole rings is 1. The van der Waals surface area contributed by atoms with E-state index in [2.05, 4.69) is 47.6 Å². The first-order valence-electron chi connectivity index (χ1n) is 9.75. The summed E-state index contributed by atoms with van der Waals surface area (Å²) in [7, 11) is 0. The number of rotatable bonds is 5. The zero-order valence-electron chi connectivity index (χ0n) is 16.5. The third-order valence-corrected chi connectivity index (χ3v) is 5.89. The van der Waals surface area contributed by atoms with Crippen molar-refractivity contribution in [1.82, 2.24) is 30.2 Å². The number of benzene rings is 2. The molecular formula is C22H17BrN6O2. The predicted molar refractivity (Wildman–Crippen MR) is 119 cm³/mol. The maximum Gasteiger partial charge on any atom is 0.272 e. The van der Waals surface area contributed by atoms with Gasteiger partial charge in [0, 0.05) is 41.7 Å². The van der Waals surface area contributed by atoms with Gasteiger partial charge < -0.3 is 8.98 Å². The van der Waals surface area contributed by atoms with Crippen molar-refractivity contribution < 1.29 is 4.42 Å². The van der Waals surface area contributed by atoms with Crippen molar-refractivity contribution in [2.45, 2.75) is 19.9 Å². The van der Waals surface area contributed by atoms with Gasteiger partial charge in [0.1, 0.15) is 17.2 Å². The van der Waals surface area contributed by atoms with Crippen LogP contribution >= 0.6 is 15.9 Å². The minimum atomic E-state index is -0.216. The van der Waals surface area contributed by atoms with Gasteiger partial charge >= 0.3 is 0 Å². The first kappa shape index (κ1) is 19.4. The van der Waals surface area contributed by atoms with Gasteiger partial charge in [-0.15, -0.1) is 5.10 Å². The van der Waals surface area contributed by atoms with Crippen LogP contribution in [0.5, 0.6) is 0 Å². The van der Waals surface area contributed by atoms with Crippen LogP contribution in [0, 0.1) is 0 Å². The van der Waals surface area contributed by atoms with Crippen LogP contribution in [0.2, 0.25) is 0 Å². The smallest absolute Gasteiger partial charge is 0.272 e. The van der Waals surface area contributed by atoms with Crippen molar-refractivity contribution in [2.24, 2.45) is 0 Å². The Morgan fingerprint density at radius 1 is 1.13 bits per heavy atom. The highest BCUT2D eigenvalue weighted by molar-refractivity contribution is 9.10. The second kappa shape index (κ2) is 7.92. The molecule has 0 aliphatic rings. The van der Waals surface area contributed by atoms with Gasteiger partial charge in [-0.2, -0.15) is 4.98 Å². The van der Waals surface area contributed by atoms with Crippen LogP contribution in [0.1, 0.15) is 18.3 Å². The van der Waals surface area contributed by atoms with E-state index in [1.54, 1.807) is 6.20 Å². The van der Waals surface area contributed by atoms with Crippen LogP contribution in [0.25, 0.3) is 33.7 Å². The van der Waals surface area contributed by atoms with Crippen molar-refractivity contribution >= 4 is 26.9 Å². The van der Waals surface area contributed by atoms with E-state index in [1.165, 1.54) is 6.07 Å². The summed E-state index contributed by atoms with van der Waals surface area (Å²) >= 11 is 3.73. The Balaban J connectivity index is 1.58. The molecule has 0 fully saturated rings. The van der Waals surface area contributed by atoms with E-state index >= 15 is 0 Å². The van der Waals surface area contributed by atoms with Crippen molar-refractivity contribution in [3.05, 3.63) is 80.9 Å². The molecule has 3 heterocycles. The zero-order valence-corrected chi connectivity index (χ0v) is 18.1. The number of nitrogens with one attached hydrogen (secondary N) is 1. The second-order valence-electron chi connectivity index (χ2n) is 7.03. The van der Waals surface area contributed by atoms with E-state index in [9.17, 15) is 4.79 Å². The molecule has 0 aliphatic carbocycles. The van der Waals surface area contributed by atoms with Crippen LogP contribution < -0.4 is 5.56 Å². The Labute approximate surface area is 185 Å². The molecule has 0 spiro atoms. The minimum Gasteiger partial charge on any atom is -0.455 e. The lowest BCUT2D eigenvalue weighted by Gasteiger charge is -2.10. The predicted octanol–water partition coefficient (Wildman–Crippen LogP) is 4.21. The number of hydrogen-bond donors (Lipinski definition) is 1. The number of aromatic amines is 1. The molecular weight excluding hydrogens is 460 g/mol. The molecule has 0 saturated heterocycles. The number of halogens is 1. The molecule has 0 atom stereocenters. The summed E-state index contributed by atoms with van der Waals surface area (Å²) in [5.74, 6) is 2.04. The SMILES string of the molecule is CCc1nc(=O)ccn1Cc1ccc2oc(-c3ccccc3-c3nnn[nH]3)c(Br)c2c1. The number of aromatic nitrogens is 6. The normalized spacial score (nSPS) is 11.3. The first-order valence-corrected chi connectivity index (χ1v) is 10.5. The summed E-state index contributed by atoms with van der Waals surface area (Å²) in [4.78, 5) is 15.7. The van der Waals surface area contributed by atoms with Crippen molar-refractivity contribution in [3.8, 4) is 22.7 Å². The maximum atomic E-state index is 11.6. The Morgan fingerprint density at radius 2 is 1.97 bits per heavy atom. The van der Waals surface area contributed by atoms with E-state index in [1.807, 2.05) is 47.9 Å². The largest absolute Gasteiger partial charge is 0.455 e. The molecule has 0 aliphatic heterocycles. The van der Waals surface area contributed by atoms with Gasteiger partial charge in [-0.25, -0.2) is 5.10 Å². The quantitative estimate of drug-likeness (QED) is 0.407. The Bertz CT molecular complexity index is 1440. The maximum absolute atomic E-state index is 11.6. The molecule has 5 rings (SSSR count). The number of fused-ring (bicyclic) bond motifs is 1. The minimum absolute atomic E-state index is 0.216. The Morgan fingerprint density at radius 3 is 2.74 bits per heavy atom. The highest BCUT2D eigenvalue weighted by Crippen LogP contribution is 2.41. The van der Waals surface area contributed by atoms with Gasteiger partial charge in [-0.05, 0) is 44.1 Å². The molecule has 0 bridgehead atoms. The van der Waals surface area contributed by atoms with Crippen molar-refractivity contribution in [3.63, 3.8) is 0 Å². The lowest BCUT2D eigenvalue weighted by atomic mass is 10.0. The summed E-state index contributed by atoms with van der Waals surface area (Å²) in [5, 5.41) is 15.2. The second-order valence-corrected chi connectivity index (χ2v) is 7.83. The fourth-order valence-corrected chi connectivity index (χ4v) is 4.24. The molecule has 5 aromatic rings. The van der Waals surface area contributed by atoms with Crippen LogP contribution in [-0.2, 0) is 13.0 Å². The summed E-state index contributed by atoms with van der Waals surface area (Å²) in [6.45, 7) is 2.60. The Hall–Kier alpha value is -3.59. The third kappa shape index (κ3) is 3.57. The molecule has 1 N–H and O–H groups in total. The van der Waals surface area contributed by atoms with Crippen LogP contribution in [0.4, 0.5) is 0 Å². The highest BCUT2D eigenvalue weighted by atomic mass is 79.9. The number of hydrogen-bond acceptors (Lipinski definition) is 6. The molecule has 0 saturated carbocycles. The molecule has 3 aromatic heterocycles. The van der Waals surface area contributed by atoms with Gasteiger partial charge in [0.05, 0.1) is 4.47 Å². The van der Waals surface area contributed by atoms with E-state index in [0.29, 0.717) is 24.6 Å². The van der Waals surface area contributed by atoms with Gasteiger partial charge in [-0.3, -0.25) is 4.79 Å². The van der Waals surface area contributed by atoms with Gasteiger partial charge in [0.15, 0.2) is 5.82 Å². The lowest BCUT2D eigenvalue weighted by Crippen LogP contribution is -2.16. The highest BCUT2D eigenvalue weighted by Gasteiger charge is 2.19. The first-order chi connectivity index (χ1) is 15.1. The molecule has 154 valence electrons. The summed E-state index contributed by atoms with van der Waals surface area (Å²) in [6.07, 6.45) is 2.47. The standard InChI is InChI=1S/C22H17BrN6O2/c1-2-18-24-19(30)9-10-29(18)12-13-7-8-17-16(11-13)20(23)21(31-17)14-5-3-4-6-15(14)22-25-27-28-26-22/h3-11H,2,12H2,1H3,(H,25,26,27,28). The van der Waals surface area contributed by atoms with Gasteiger partial charge in [0.25, 0.3) is 5.56 Å². The number of nitrogens with zero attached hydrogens (tertiary/aromatic N) is 5. The molecule has 31 heavy (non-hydrogen) atoms. The average molecular weight is 477 g/mol. The van der Waals surface area contributed by atoms with E-state index in [-0.39, 0.29) is 5.56 Å². The van der Waals surface area contributed by atoms with Gasteiger partial charge in [0.2, 0.25) is 0 Å². The van der Waals surface area contributed by atoms with Crippen LogP contribution in [-0.4, -0.2) is 30.2 Å². The molecule has 2 aromatic carbocycles. The average Bonchev–Trinajstić information content (AvgIpc) is 3.44. The van der Waals surface area contributed by atoms with Gasteiger partial charge in [-0.1, -0.05) is 37.3 Å². The molecule has 0 radical (unpaired) electrons. The summed E-state index contributed by atoms with van der Waals surface area (Å²) in [5.41, 5.74) is 3.35. The molecule has 9 heteroatoms. The Kier molecular flexibility index (Phi) is 4.95. The molecule has 0 unspecified atom stereocenters. The monoisotopic (exact) mass is 476 g/mol. The third-order valence-electron chi connectivity index (χ3n) is 5.10. The molecule has 0 amide bonds. The number of H-pyrrole nitrogens is 1. The van der Waals surface area contributed by atoms with E-state index < -0.39 is 0 Å². The van der Waals surface area contributed by atoms with E-state index in [0.717, 1.165) is 38.0 Å². The van der Waals surface area contributed by atoms with Crippen LogP contribution in [0.3, 0.4) is 0 Å². The topological polar surface area (TPSA) is 102 Å². The lowest BCUT2D eigenvalue weighted by molar-refractivity contribution is 0.629. The fourth-order valence-electron chi connectivity index (χ4n) is 3.64. The number of furan rings is 1. The van der Waals surface area contributed by atoms with Crippen molar-refractivity contribution in [1.29, 1.82) is 0 Å². The summed E-state index contributed by atoms with van der Waals surface area (Å²) < 4.78 is 9.05. The fraction of sp³-hybridized carbons (Fsp3) is 0.136. The van der Waals surface area contributed by atoms with Crippen LogP contribution in [0.15, 0.2) is 68.4 Å². The summed E-state index contributed by atoms with van der Waals surface area (Å²) in [6, 6.07) is 15.3. The van der Waals surface area contributed by atoms with Crippen molar-refractivity contribution in [2.75, 3.05) is 0 Å². The number of aryl methyl sites for hydroxylation is 1. The zero-order chi connectivity index (χ0) is 21.4. The van der Waals surface area contributed by atoms with E-state index in [4.69, 9.17) is 4.42 Å². The molecule has 8 nitrogen and oxygen atoms in total.